The van der Waals surface area contributed by atoms with Crippen LogP contribution in [0.4, 0.5) is 0 Å². The fourth-order valence-electron chi connectivity index (χ4n) is 7.71. The summed E-state index contributed by atoms with van der Waals surface area (Å²) in [5.41, 5.74) is 19.8. The van der Waals surface area contributed by atoms with Gasteiger partial charge in [0.2, 0.25) is 0 Å². The molecule has 0 amide bonds. The lowest BCUT2D eigenvalue weighted by molar-refractivity contribution is 0.436. The Bertz CT molecular complexity index is 2360. The molecular weight excluding hydrogens is 609 g/mol. The smallest absolute Gasteiger partial charge is 0.132 e. The van der Waals surface area contributed by atoms with Crippen LogP contribution in [0.15, 0.2) is 187 Å². The second-order valence-electron chi connectivity index (χ2n) is 12.9. The van der Waals surface area contributed by atoms with Crippen molar-refractivity contribution in [3.63, 3.8) is 0 Å². The van der Waals surface area contributed by atoms with Crippen LogP contribution in [0, 0.1) is 0 Å². The van der Waals surface area contributed by atoms with Gasteiger partial charge in [-0.05, 0) is 74.3 Å². The van der Waals surface area contributed by atoms with E-state index in [-0.39, 0.29) is 6.04 Å². The fraction of sp³-hybridized carbons (Fsp3) is 0.0426. The average Bonchev–Trinajstić information content (AvgIpc) is 3.47. The van der Waals surface area contributed by atoms with Gasteiger partial charge in [0.15, 0.2) is 0 Å². The Kier molecular flexibility index (Phi) is 7.34. The molecule has 7 aromatic rings. The Morgan fingerprint density at radius 1 is 0.540 bits per heavy atom. The Morgan fingerprint density at radius 2 is 1.10 bits per heavy atom. The van der Waals surface area contributed by atoms with Crippen LogP contribution >= 0.6 is 0 Å². The first-order valence-corrected chi connectivity index (χ1v) is 17.0. The maximum absolute atomic E-state index is 6.69. The summed E-state index contributed by atoms with van der Waals surface area (Å²) in [5, 5.41) is 0. The van der Waals surface area contributed by atoms with Crippen molar-refractivity contribution in [2.45, 2.75) is 11.5 Å². The molecule has 2 N–H and O–H groups in total. The Balaban J connectivity index is 1.15. The van der Waals surface area contributed by atoms with Crippen molar-refractivity contribution >= 4 is 11.9 Å². The van der Waals surface area contributed by atoms with E-state index in [1.54, 1.807) is 0 Å². The number of benzene rings is 7. The summed E-state index contributed by atoms with van der Waals surface area (Å²) in [5.74, 6) is 1.79. The van der Waals surface area contributed by atoms with Crippen LogP contribution in [0.5, 0.6) is 11.5 Å². The summed E-state index contributed by atoms with van der Waals surface area (Å²) in [6, 6.07) is 61.4. The Labute approximate surface area is 292 Å². The highest BCUT2D eigenvalue weighted by atomic mass is 16.5. The molecule has 1 unspecified atom stereocenters. The molecule has 3 heteroatoms. The van der Waals surface area contributed by atoms with Crippen molar-refractivity contribution < 1.29 is 4.74 Å². The van der Waals surface area contributed by atoms with Gasteiger partial charge in [-0.15, -0.1) is 0 Å². The molecule has 1 aliphatic heterocycles. The van der Waals surface area contributed by atoms with E-state index in [1.165, 1.54) is 33.4 Å². The molecule has 1 spiro atoms. The zero-order chi connectivity index (χ0) is 33.5. The second kappa shape index (κ2) is 12.3. The molecule has 0 saturated heterocycles. The van der Waals surface area contributed by atoms with Crippen molar-refractivity contribution in [2.24, 2.45) is 10.7 Å². The summed E-state index contributed by atoms with van der Waals surface area (Å²) in [6.07, 6.45) is 3.94. The fourth-order valence-corrected chi connectivity index (χ4v) is 7.71. The van der Waals surface area contributed by atoms with Gasteiger partial charge in [-0.25, -0.2) is 0 Å². The number of hydrogen-bond donors (Lipinski definition) is 1. The number of para-hydroxylation sites is 2. The number of ether oxygens (including phenoxy) is 1. The topological polar surface area (TPSA) is 47.6 Å². The van der Waals surface area contributed by atoms with Crippen LogP contribution in [0.2, 0.25) is 0 Å². The molecule has 0 bridgehead atoms. The lowest BCUT2D eigenvalue weighted by Crippen LogP contribution is -2.32. The quantitative estimate of drug-likeness (QED) is 0.184. The van der Waals surface area contributed by atoms with E-state index >= 15 is 0 Å². The van der Waals surface area contributed by atoms with Crippen molar-refractivity contribution in [2.75, 3.05) is 0 Å². The van der Waals surface area contributed by atoms with Gasteiger partial charge < -0.3 is 10.5 Å². The summed E-state index contributed by atoms with van der Waals surface area (Å²) in [7, 11) is 0. The van der Waals surface area contributed by atoms with Crippen LogP contribution in [-0.2, 0) is 5.41 Å². The highest BCUT2D eigenvalue weighted by Crippen LogP contribution is 2.62. The van der Waals surface area contributed by atoms with Crippen molar-refractivity contribution in [1.29, 1.82) is 0 Å². The van der Waals surface area contributed by atoms with Gasteiger partial charge in [0.05, 0.1) is 17.2 Å². The monoisotopic (exact) mass is 642 g/mol. The van der Waals surface area contributed by atoms with Crippen molar-refractivity contribution in [1.82, 2.24) is 0 Å². The van der Waals surface area contributed by atoms with E-state index in [9.17, 15) is 0 Å². The Hall–Kier alpha value is -6.29. The first-order chi connectivity index (χ1) is 24.7. The lowest BCUT2D eigenvalue weighted by Gasteiger charge is -2.39. The first kappa shape index (κ1) is 29.8. The average molecular weight is 643 g/mol. The summed E-state index contributed by atoms with van der Waals surface area (Å²) >= 11 is 0. The SMILES string of the molecule is NC(/C=C(\N=C\c1ccccc1)c1ccc(-c2ccc3c(c2)C2(c4ccccc4Oc4ccccc42)c2ccccc2-3)cc1)c1ccccc1. The molecule has 50 heavy (non-hydrogen) atoms. The normalized spacial score (nSPS) is 14.4. The van der Waals surface area contributed by atoms with Crippen molar-refractivity contribution in [3.8, 4) is 33.8 Å². The number of nitrogens with zero attached hydrogens (tertiary/aromatic N) is 1. The van der Waals surface area contributed by atoms with Gasteiger partial charge in [-0.2, -0.15) is 0 Å². The molecule has 2 aliphatic rings. The van der Waals surface area contributed by atoms with E-state index in [0.29, 0.717) is 0 Å². The number of fused-ring (bicyclic) bond motifs is 9. The van der Waals surface area contributed by atoms with Crippen LogP contribution < -0.4 is 10.5 Å². The van der Waals surface area contributed by atoms with E-state index in [2.05, 4.69) is 140 Å². The number of nitrogens with two attached hydrogens (primary N) is 1. The highest BCUT2D eigenvalue weighted by molar-refractivity contribution is 5.90. The van der Waals surface area contributed by atoms with E-state index in [4.69, 9.17) is 15.5 Å². The zero-order valence-corrected chi connectivity index (χ0v) is 27.4. The van der Waals surface area contributed by atoms with Gasteiger partial charge in [-0.1, -0.05) is 158 Å². The summed E-state index contributed by atoms with van der Waals surface area (Å²) in [6.45, 7) is 0. The van der Waals surface area contributed by atoms with Crippen LogP contribution in [0.1, 0.15) is 45.0 Å². The minimum absolute atomic E-state index is 0.293. The molecule has 7 aromatic carbocycles. The van der Waals surface area contributed by atoms with E-state index < -0.39 is 5.41 Å². The molecule has 9 rings (SSSR count). The molecule has 0 radical (unpaired) electrons. The third-order valence-electron chi connectivity index (χ3n) is 10.0. The molecule has 0 aromatic heterocycles. The molecule has 1 atom stereocenters. The molecule has 1 aliphatic carbocycles. The van der Waals surface area contributed by atoms with Crippen LogP contribution in [0.3, 0.4) is 0 Å². The van der Waals surface area contributed by atoms with Crippen LogP contribution in [0.25, 0.3) is 28.0 Å². The minimum Gasteiger partial charge on any atom is -0.457 e. The van der Waals surface area contributed by atoms with E-state index in [0.717, 1.165) is 45.0 Å². The zero-order valence-electron chi connectivity index (χ0n) is 27.4. The van der Waals surface area contributed by atoms with Gasteiger partial charge in [-0.3, -0.25) is 4.99 Å². The lowest BCUT2D eigenvalue weighted by atomic mass is 9.66. The number of hydrogen-bond acceptors (Lipinski definition) is 3. The molecule has 0 saturated carbocycles. The maximum Gasteiger partial charge on any atom is 0.132 e. The standard InChI is InChI=1S/C47H34N2O/c48-43(34-15-5-2-6-16-34)30-44(49-31-32-13-3-1-4-14-32)35-25-23-33(24-26-35)36-27-28-38-37-17-7-8-18-39(37)47(42(38)29-36)40-19-9-11-21-45(40)50-46-22-12-10-20-41(46)47/h1-31,43H,48H2/b44-30-,49-31+. The van der Waals surface area contributed by atoms with Crippen molar-refractivity contribution in [3.05, 3.63) is 221 Å². The molecule has 1 heterocycles. The predicted molar refractivity (Wildman–Crippen MR) is 205 cm³/mol. The molecule has 238 valence electrons. The molecular formula is C47H34N2O. The highest BCUT2D eigenvalue weighted by Gasteiger charge is 2.50. The van der Waals surface area contributed by atoms with Crippen LogP contribution in [-0.4, -0.2) is 6.21 Å². The Morgan fingerprint density at radius 3 is 1.80 bits per heavy atom. The largest absolute Gasteiger partial charge is 0.457 e. The first-order valence-electron chi connectivity index (χ1n) is 17.0. The number of aliphatic imine (C=N–C) groups is 1. The third kappa shape index (κ3) is 4.91. The number of rotatable bonds is 6. The van der Waals surface area contributed by atoms with Gasteiger partial charge in [0.25, 0.3) is 0 Å². The minimum atomic E-state index is -0.497. The van der Waals surface area contributed by atoms with Gasteiger partial charge in [0.1, 0.15) is 11.5 Å². The molecule has 0 fully saturated rings. The van der Waals surface area contributed by atoms with E-state index in [1.807, 2.05) is 48.7 Å². The third-order valence-corrected chi connectivity index (χ3v) is 10.0. The maximum atomic E-state index is 6.69. The second-order valence-corrected chi connectivity index (χ2v) is 12.9. The van der Waals surface area contributed by atoms with Gasteiger partial charge >= 0.3 is 0 Å². The molecule has 3 nitrogen and oxygen atoms in total. The predicted octanol–water partition coefficient (Wildman–Crippen LogP) is 11.0. The summed E-state index contributed by atoms with van der Waals surface area (Å²) < 4.78 is 6.52. The van der Waals surface area contributed by atoms with Gasteiger partial charge in [0, 0.05) is 17.3 Å². The summed E-state index contributed by atoms with van der Waals surface area (Å²) in [4.78, 5) is 4.95.